The largest absolute Gasteiger partial charge is 0.378 e. The van der Waals surface area contributed by atoms with Crippen molar-refractivity contribution in [2.24, 2.45) is 0 Å². The van der Waals surface area contributed by atoms with Crippen molar-refractivity contribution < 1.29 is 19.1 Å². The third kappa shape index (κ3) is 3.75. The maximum atomic E-state index is 11.8. The zero-order chi connectivity index (χ0) is 21.5. The third-order valence-electron chi connectivity index (χ3n) is 5.33. The summed E-state index contributed by atoms with van der Waals surface area (Å²) in [6.07, 6.45) is 1.60. The Bertz CT molecular complexity index is 1130. The van der Waals surface area contributed by atoms with E-state index in [4.69, 9.17) is 15.5 Å². The number of benzene rings is 1. The van der Waals surface area contributed by atoms with E-state index in [2.05, 4.69) is 15.0 Å². The molecule has 1 aliphatic heterocycles. The summed E-state index contributed by atoms with van der Waals surface area (Å²) >= 11 is 0. The summed E-state index contributed by atoms with van der Waals surface area (Å²) in [6, 6.07) is 6.94. The van der Waals surface area contributed by atoms with Crippen LogP contribution in [0.15, 0.2) is 30.5 Å². The van der Waals surface area contributed by atoms with E-state index in [0.29, 0.717) is 54.5 Å². The van der Waals surface area contributed by atoms with Crippen LogP contribution in [-0.2, 0) is 14.5 Å². The van der Waals surface area contributed by atoms with Gasteiger partial charge in [-0.2, -0.15) is 9.97 Å². The number of morpholine rings is 1. The van der Waals surface area contributed by atoms with E-state index in [9.17, 15) is 14.4 Å². The quantitative estimate of drug-likeness (QED) is 0.524. The van der Waals surface area contributed by atoms with E-state index in [1.54, 1.807) is 30.5 Å². The normalized spacial score (nSPS) is 15.5. The Hall–Kier alpha value is -2.65. The molecule has 10 nitrogen and oxygen atoms in total. The maximum absolute atomic E-state index is 11.8. The number of ether oxygens (including phenoxy) is 1. The number of hydrogen-bond donors (Lipinski definition) is 3. The van der Waals surface area contributed by atoms with Crippen LogP contribution in [0, 0.1) is 0 Å². The minimum atomic E-state index is -4.31. The number of rotatable bonds is 4. The molecule has 2 aromatic heterocycles. The fourth-order valence-corrected chi connectivity index (χ4v) is 3.75. The fourth-order valence-electron chi connectivity index (χ4n) is 3.26. The van der Waals surface area contributed by atoms with Gasteiger partial charge >= 0.3 is 7.60 Å². The second-order valence-corrected chi connectivity index (χ2v) is 9.82. The lowest BCUT2D eigenvalue weighted by Crippen LogP contribution is -2.37. The van der Waals surface area contributed by atoms with Gasteiger partial charge in [-0.15, -0.1) is 0 Å². The molecule has 1 aromatic carbocycles. The van der Waals surface area contributed by atoms with E-state index >= 15 is 0 Å². The molecule has 0 saturated carbocycles. The van der Waals surface area contributed by atoms with Crippen LogP contribution < -0.4 is 10.6 Å². The summed E-state index contributed by atoms with van der Waals surface area (Å²) < 4.78 is 17.2. The topological polar surface area (TPSA) is 148 Å². The van der Waals surface area contributed by atoms with Gasteiger partial charge in [0.2, 0.25) is 5.95 Å². The molecule has 4 rings (SSSR count). The fraction of sp³-hybridized carbons (Fsp3) is 0.368. The van der Waals surface area contributed by atoms with Crippen LogP contribution in [0.4, 0.5) is 11.8 Å². The highest BCUT2D eigenvalue weighted by atomic mass is 31.2. The number of nitrogens with zero attached hydrogens (tertiary/aromatic N) is 5. The second kappa shape index (κ2) is 7.55. The van der Waals surface area contributed by atoms with Crippen LogP contribution in [0.2, 0.25) is 0 Å². The minimum absolute atomic E-state index is 0.134. The first kappa shape index (κ1) is 20.6. The Labute approximate surface area is 173 Å². The van der Waals surface area contributed by atoms with E-state index in [1.165, 1.54) is 13.8 Å². The van der Waals surface area contributed by atoms with Crippen LogP contribution in [0.3, 0.4) is 0 Å². The molecule has 0 radical (unpaired) electrons. The third-order valence-corrected chi connectivity index (χ3v) is 7.05. The second-order valence-electron chi connectivity index (χ2n) is 7.61. The van der Waals surface area contributed by atoms with E-state index in [0.717, 1.165) is 5.56 Å². The lowest BCUT2D eigenvalue weighted by molar-refractivity contribution is 0.122. The number of anilines is 2. The van der Waals surface area contributed by atoms with Crippen molar-refractivity contribution in [1.29, 1.82) is 0 Å². The Morgan fingerprint density at radius 1 is 1.10 bits per heavy atom. The Kier molecular flexibility index (Phi) is 5.19. The van der Waals surface area contributed by atoms with Crippen molar-refractivity contribution >= 4 is 30.5 Å². The summed E-state index contributed by atoms with van der Waals surface area (Å²) in [6.45, 7) is 5.57. The predicted molar refractivity (Wildman–Crippen MR) is 113 cm³/mol. The summed E-state index contributed by atoms with van der Waals surface area (Å²) in [5.74, 6) is 0.754. The highest BCUT2D eigenvalue weighted by molar-refractivity contribution is 7.53. The monoisotopic (exact) mass is 430 g/mol. The zero-order valence-electron chi connectivity index (χ0n) is 16.7. The molecule has 3 heterocycles. The van der Waals surface area contributed by atoms with Crippen LogP contribution in [0.1, 0.15) is 19.4 Å². The van der Waals surface area contributed by atoms with Crippen LogP contribution in [0.5, 0.6) is 0 Å². The van der Waals surface area contributed by atoms with Gasteiger partial charge < -0.3 is 25.2 Å². The molecule has 0 spiro atoms. The van der Waals surface area contributed by atoms with Gasteiger partial charge in [0, 0.05) is 18.7 Å². The van der Waals surface area contributed by atoms with Crippen LogP contribution in [-0.4, -0.2) is 56.0 Å². The van der Waals surface area contributed by atoms with Crippen molar-refractivity contribution in [1.82, 2.24) is 19.9 Å². The molecule has 0 atom stereocenters. The van der Waals surface area contributed by atoms with Crippen molar-refractivity contribution in [3.63, 3.8) is 0 Å². The molecule has 4 N–H and O–H groups in total. The summed E-state index contributed by atoms with van der Waals surface area (Å²) in [5, 5.41) is -1.28. The van der Waals surface area contributed by atoms with Gasteiger partial charge in [-0.1, -0.05) is 24.3 Å². The molecule has 1 aliphatic rings. The number of hydrogen-bond acceptors (Lipinski definition) is 8. The predicted octanol–water partition coefficient (Wildman–Crippen LogP) is 1.92. The molecule has 0 aliphatic carbocycles. The number of aromatic nitrogens is 4. The SMILES string of the molecule is CC(C)(c1ccc(-c2cnc3nc(N)nc(N4CCOCC4)c3n2)cc1)P(=O)(O)O. The molecule has 0 amide bonds. The van der Waals surface area contributed by atoms with Gasteiger partial charge in [0.25, 0.3) is 0 Å². The van der Waals surface area contributed by atoms with E-state index < -0.39 is 12.8 Å². The molecular weight excluding hydrogens is 407 g/mol. The minimum Gasteiger partial charge on any atom is -0.378 e. The van der Waals surface area contributed by atoms with Gasteiger partial charge in [0.05, 0.1) is 30.3 Å². The average molecular weight is 430 g/mol. The summed E-state index contributed by atoms with van der Waals surface area (Å²) in [7, 11) is -4.31. The van der Waals surface area contributed by atoms with Crippen LogP contribution in [0.25, 0.3) is 22.4 Å². The zero-order valence-corrected chi connectivity index (χ0v) is 17.6. The average Bonchev–Trinajstić information content (AvgIpc) is 2.73. The molecule has 1 saturated heterocycles. The first-order valence-corrected chi connectivity index (χ1v) is 11.1. The highest BCUT2D eigenvalue weighted by Crippen LogP contribution is 2.56. The molecule has 3 aromatic rings. The Morgan fingerprint density at radius 2 is 1.77 bits per heavy atom. The van der Waals surface area contributed by atoms with E-state index in [-0.39, 0.29) is 5.95 Å². The molecule has 0 unspecified atom stereocenters. The molecule has 0 bridgehead atoms. The lowest BCUT2D eigenvalue weighted by atomic mass is 10.00. The first-order valence-electron chi connectivity index (χ1n) is 9.46. The molecular formula is C19H23N6O4P. The number of nitrogen functional groups attached to an aromatic ring is 1. The lowest BCUT2D eigenvalue weighted by Gasteiger charge is -2.28. The standard InChI is InChI=1S/C19H23N6O4P/c1-19(2,30(26,27)28)13-5-3-12(4-6-13)14-11-21-16-15(22-14)17(24-18(20)23-16)25-7-9-29-10-8-25/h3-6,11H,7-10H2,1-2H3,(H2,26,27,28)(H2,20,21,23,24). The van der Waals surface area contributed by atoms with Gasteiger partial charge in [-0.05, 0) is 19.4 Å². The van der Waals surface area contributed by atoms with Gasteiger partial charge in [0.15, 0.2) is 17.0 Å². The Balaban J connectivity index is 1.75. The van der Waals surface area contributed by atoms with Gasteiger partial charge in [0.1, 0.15) is 0 Å². The Morgan fingerprint density at radius 3 is 2.40 bits per heavy atom. The van der Waals surface area contributed by atoms with Crippen molar-refractivity contribution in [2.45, 2.75) is 19.0 Å². The van der Waals surface area contributed by atoms with Crippen molar-refractivity contribution in [2.75, 3.05) is 36.9 Å². The highest BCUT2D eigenvalue weighted by Gasteiger charge is 2.39. The number of nitrogens with two attached hydrogens (primary N) is 1. The van der Waals surface area contributed by atoms with E-state index in [1.807, 2.05) is 4.90 Å². The summed E-state index contributed by atoms with van der Waals surface area (Å²) in [5.41, 5.74) is 8.72. The molecule has 30 heavy (non-hydrogen) atoms. The number of fused-ring (bicyclic) bond motifs is 1. The van der Waals surface area contributed by atoms with Gasteiger partial charge in [-0.3, -0.25) is 4.57 Å². The van der Waals surface area contributed by atoms with Crippen LogP contribution >= 0.6 is 7.60 Å². The first-order chi connectivity index (χ1) is 14.2. The summed E-state index contributed by atoms with van der Waals surface area (Å²) in [4.78, 5) is 39.0. The van der Waals surface area contributed by atoms with Crippen molar-refractivity contribution in [3.05, 3.63) is 36.0 Å². The smallest absolute Gasteiger partial charge is 0.335 e. The molecule has 1 fully saturated rings. The molecule has 11 heteroatoms. The maximum Gasteiger partial charge on any atom is 0.335 e. The molecule has 158 valence electrons. The van der Waals surface area contributed by atoms with Crippen molar-refractivity contribution in [3.8, 4) is 11.3 Å². The van der Waals surface area contributed by atoms with Gasteiger partial charge in [-0.25, -0.2) is 9.97 Å².